The zero-order valence-corrected chi connectivity index (χ0v) is 14.4. The van der Waals surface area contributed by atoms with E-state index in [2.05, 4.69) is 34.3 Å². The fourth-order valence-corrected chi connectivity index (χ4v) is 4.16. The van der Waals surface area contributed by atoms with Crippen LogP contribution >= 0.6 is 11.3 Å². The molecule has 124 valence electrons. The van der Waals surface area contributed by atoms with Crippen LogP contribution in [0.3, 0.4) is 0 Å². The smallest absolute Gasteiger partial charge is 0.259 e. The molecular weight excluding hydrogens is 320 g/mol. The Balaban J connectivity index is 1.68. The predicted octanol–water partition coefficient (Wildman–Crippen LogP) is 2.45. The number of H-pyrrole nitrogens is 1. The maximum absolute atomic E-state index is 12.4. The molecule has 2 aromatic heterocycles. The molecule has 1 atom stereocenters. The number of nitrogens with one attached hydrogen (secondary N) is 2. The van der Waals surface area contributed by atoms with E-state index in [4.69, 9.17) is 4.98 Å². The first kappa shape index (κ1) is 15.5. The van der Waals surface area contributed by atoms with E-state index in [0.29, 0.717) is 18.0 Å². The van der Waals surface area contributed by atoms with Gasteiger partial charge in [0.25, 0.3) is 5.56 Å². The SMILES string of the molecule is CC1CNCCN1Cc1nc2sc(-c3ccccc3)cc2c(=O)[nH]1. The van der Waals surface area contributed by atoms with Crippen LogP contribution in [-0.2, 0) is 6.54 Å². The lowest BCUT2D eigenvalue weighted by atomic mass is 10.2. The topological polar surface area (TPSA) is 61.0 Å². The molecule has 24 heavy (non-hydrogen) atoms. The molecule has 1 fully saturated rings. The average molecular weight is 340 g/mol. The lowest BCUT2D eigenvalue weighted by molar-refractivity contribution is 0.162. The molecule has 4 rings (SSSR count). The fraction of sp³-hybridized carbons (Fsp3) is 0.333. The van der Waals surface area contributed by atoms with Crippen LogP contribution in [0.15, 0.2) is 41.2 Å². The zero-order chi connectivity index (χ0) is 16.5. The van der Waals surface area contributed by atoms with Gasteiger partial charge < -0.3 is 10.3 Å². The van der Waals surface area contributed by atoms with Gasteiger partial charge in [0, 0.05) is 30.6 Å². The van der Waals surface area contributed by atoms with Crippen LogP contribution in [0.5, 0.6) is 0 Å². The Labute approximate surface area is 144 Å². The molecule has 1 aromatic carbocycles. The van der Waals surface area contributed by atoms with Crippen LogP contribution in [0, 0.1) is 0 Å². The van der Waals surface area contributed by atoms with Crippen molar-refractivity contribution in [2.45, 2.75) is 19.5 Å². The molecule has 0 bridgehead atoms. The van der Waals surface area contributed by atoms with Gasteiger partial charge in [-0.05, 0) is 18.6 Å². The highest BCUT2D eigenvalue weighted by Gasteiger charge is 2.19. The van der Waals surface area contributed by atoms with Crippen molar-refractivity contribution in [2.24, 2.45) is 0 Å². The Morgan fingerprint density at radius 1 is 1.33 bits per heavy atom. The molecule has 0 aliphatic carbocycles. The minimum Gasteiger partial charge on any atom is -0.314 e. The molecule has 1 aliphatic heterocycles. The van der Waals surface area contributed by atoms with Gasteiger partial charge in [-0.3, -0.25) is 9.69 Å². The first-order chi connectivity index (χ1) is 11.7. The highest BCUT2D eigenvalue weighted by atomic mass is 32.1. The molecule has 0 amide bonds. The normalized spacial score (nSPS) is 19.0. The fourth-order valence-electron chi connectivity index (χ4n) is 3.11. The number of benzene rings is 1. The van der Waals surface area contributed by atoms with Gasteiger partial charge in [0.2, 0.25) is 0 Å². The summed E-state index contributed by atoms with van der Waals surface area (Å²) in [6, 6.07) is 12.5. The number of hydrogen-bond acceptors (Lipinski definition) is 5. The molecule has 3 aromatic rings. The lowest BCUT2D eigenvalue weighted by Gasteiger charge is -2.33. The Bertz CT molecular complexity index is 902. The van der Waals surface area contributed by atoms with E-state index in [-0.39, 0.29) is 5.56 Å². The lowest BCUT2D eigenvalue weighted by Crippen LogP contribution is -2.49. The van der Waals surface area contributed by atoms with Crippen molar-refractivity contribution in [3.63, 3.8) is 0 Å². The first-order valence-electron chi connectivity index (χ1n) is 8.23. The number of hydrogen-bond donors (Lipinski definition) is 2. The molecular formula is C18H20N4OS. The Kier molecular flexibility index (Phi) is 4.18. The summed E-state index contributed by atoms with van der Waals surface area (Å²) in [4.78, 5) is 24.4. The predicted molar refractivity (Wildman–Crippen MR) is 98.4 cm³/mol. The van der Waals surface area contributed by atoms with Crippen molar-refractivity contribution < 1.29 is 0 Å². The highest BCUT2D eigenvalue weighted by Crippen LogP contribution is 2.30. The van der Waals surface area contributed by atoms with Gasteiger partial charge in [0.05, 0.1) is 11.9 Å². The standard InChI is InChI=1S/C18H20N4OS/c1-12-10-19-7-8-22(12)11-16-20-17(23)14-9-15(24-18(14)21-16)13-5-3-2-4-6-13/h2-6,9,12,19H,7-8,10-11H2,1H3,(H,20,21,23). The number of rotatable bonds is 3. The monoisotopic (exact) mass is 340 g/mol. The first-order valence-corrected chi connectivity index (χ1v) is 9.05. The second-order valence-corrected chi connectivity index (χ2v) is 7.26. The van der Waals surface area contributed by atoms with E-state index >= 15 is 0 Å². The summed E-state index contributed by atoms with van der Waals surface area (Å²) in [5.74, 6) is 0.753. The second-order valence-electron chi connectivity index (χ2n) is 6.23. The molecule has 5 nitrogen and oxygen atoms in total. The number of fused-ring (bicyclic) bond motifs is 1. The molecule has 0 radical (unpaired) electrons. The van der Waals surface area contributed by atoms with Gasteiger partial charge in [-0.2, -0.15) is 0 Å². The summed E-state index contributed by atoms with van der Waals surface area (Å²) in [7, 11) is 0. The number of aromatic amines is 1. The van der Waals surface area contributed by atoms with Gasteiger partial charge in [-0.15, -0.1) is 11.3 Å². The number of piperazine rings is 1. The van der Waals surface area contributed by atoms with E-state index in [1.54, 1.807) is 11.3 Å². The number of aromatic nitrogens is 2. The second kappa shape index (κ2) is 6.47. The highest BCUT2D eigenvalue weighted by molar-refractivity contribution is 7.21. The van der Waals surface area contributed by atoms with Gasteiger partial charge in [-0.1, -0.05) is 30.3 Å². The van der Waals surface area contributed by atoms with Crippen molar-refractivity contribution >= 4 is 21.6 Å². The zero-order valence-electron chi connectivity index (χ0n) is 13.6. The molecule has 0 saturated carbocycles. The van der Waals surface area contributed by atoms with Crippen molar-refractivity contribution in [3.05, 3.63) is 52.6 Å². The maximum Gasteiger partial charge on any atom is 0.259 e. The van der Waals surface area contributed by atoms with Gasteiger partial charge in [0.15, 0.2) is 0 Å². The van der Waals surface area contributed by atoms with Crippen LogP contribution in [-0.4, -0.2) is 40.5 Å². The van der Waals surface area contributed by atoms with Crippen LogP contribution < -0.4 is 10.9 Å². The summed E-state index contributed by atoms with van der Waals surface area (Å²) in [5, 5.41) is 4.06. The molecule has 1 aliphatic rings. The third-order valence-electron chi connectivity index (χ3n) is 4.50. The Hall–Kier alpha value is -2.02. The Morgan fingerprint density at radius 3 is 2.96 bits per heavy atom. The van der Waals surface area contributed by atoms with E-state index in [1.807, 2.05) is 24.3 Å². The minimum absolute atomic E-state index is 0.0452. The Morgan fingerprint density at radius 2 is 2.17 bits per heavy atom. The molecule has 2 N–H and O–H groups in total. The van der Waals surface area contributed by atoms with Crippen molar-refractivity contribution in [2.75, 3.05) is 19.6 Å². The summed E-state index contributed by atoms with van der Waals surface area (Å²) in [6.07, 6.45) is 0. The summed E-state index contributed by atoms with van der Waals surface area (Å²) in [6.45, 7) is 5.81. The molecule has 3 heterocycles. The molecule has 1 saturated heterocycles. The largest absolute Gasteiger partial charge is 0.314 e. The molecule has 1 unspecified atom stereocenters. The van der Waals surface area contributed by atoms with Gasteiger partial charge in [0.1, 0.15) is 10.7 Å². The number of thiophene rings is 1. The van der Waals surface area contributed by atoms with E-state index < -0.39 is 0 Å². The van der Waals surface area contributed by atoms with Crippen molar-refractivity contribution in [1.82, 2.24) is 20.2 Å². The van der Waals surface area contributed by atoms with Crippen LogP contribution in [0.2, 0.25) is 0 Å². The molecule has 6 heteroatoms. The summed E-state index contributed by atoms with van der Waals surface area (Å²) in [5.41, 5.74) is 1.08. The summed E-state index contributed by atoms with van der Waals surface area (Å²) >= 11 is 1.58. The van der Waals surface area contributed by atoms with Crippen molar-refractivity contribution in [1.29, 1.82) is 0 Å². The quantitative estimate of drug-likeness (QED) is 0.769. The molecule has 0 spiro atoms. The van der Waals surface area contributed by atoms with Crippen LogP contribution in [0.1, 0.15) is 12.7 Å². The third kappa shape index (κ3) is 3.00. The minimum atomic E-state index is -0.0452. The van der Waals surface area contributed by atoms with Crippen LogP contribution in [0.4, 0.5) is 0 Å². The third-order valence-corrected chi connectivity index (χ3v) is 5.58. The van der Waals surface area contributed by atoms with E-state index in [1.165, 1.54) is 0 Å². The van der Waals surface area contributed by atoms with Gasteiger partial charge >= 0.3 is 0 Å². The van der Waals surface area contributed by atoms with E-state index in [0.717, 1.165) is 40.7 Å². The van der Waals surface area contributed by atoms with Crippen molar-refractivity contribution in [3.8, 4) is 10.4 Å². The van der Waals surface area contributed by atoms with E-state index in [9.17, 15) is 4.79 Å². The maximum atomic E-state index is 12.4. The number of nitrogens with zero attached hydrogens (tertiary/aromatic N) is 2. The average Bonchev–Trinajstić information content (AvgIpc) is 3.03. The van der Waals surface area contributed by atoms with Gasteiger partial charge in [-0.25, -0.2) is 4.98 Å². The summed E-state index contributed by atoms with van der Waals surface area (Å²) < 4.78 is 0. The van der Waals surface area contributed by atoms with Crippen LogP contribution in [0.25, 0.3) is 20.7 Å².